The molecule has 0 atom stereocenters. The second kappa shape index (κ2) is 5.26. The van der Waals surface area contributed by atoms with E-state index in [1.807, 2.05) is 48.4 Å². The molecule has 1 heterocycles. The van der Waals surface area contributed by atoms with Gasteiger partial charge in [0.1, 0.15) is 0 Å². The summed E-state index contributed by atoms with van der Waals surface area (Å²) in [6.07, 6.45) is 3.86. The fourth-order valence-electron chi connectivity index (χ4n) is 2.42. The molecule has 2 N–H and O–H groups in total. The number of amides is 1. The lowest BCUT2D eigenvalue weighted by atomic mass is 10.0. The maximum absolute atomic E-state index is 11.4. The van der Waals surface area contributed by atoms with E-state index in [1.54, 1.807) is 17.8 Å². The van der Waals surface area contributed by atoms with Crippen LogP contribution in [0.2, 0.25) is 0 Å². The van der Waals surface area contributed by atoms with Crippen molar-refractivity contribution in [3.63, 3.8) is 0 Å². The number of rotatable bonds is 3. The zero-order valence-corrected chi connectivity index (χ0v) is 12.6. The SMILES string of the molecule is CSc1ccc(C(N)=O)cc1-c1ccc2c(cnn2C)c1. The number of nitrogens with zero attached hydrogens (tertiary/aromatic N) is 2. The molecule has 0 aliphatic carbocycles. The third kappa shape index (κ3) is 2.40. The van der Waals surface area contributed by atoms with Gasteiger partial charge in [0.15, 0.2) is 0 Å². The summed E-state index contributed by atoms with van der Waals surface area (Å²) in [4.78, 5) is 12.5. The first kappa shape index (κ1) is 13.7. The van der Waals surface area contributed by atoms with Crippen LogP contribution in [0.1, 0.15) is 10.4 Å². The van der Waals surface area contributed by atoms with Crippen LogP contribution < -0.4 is 5.73 Å². The highest BCUT2D eigenvalue weighted by Gasteiger charge is 2.10. The number of aryl methyl sites for hydroxylation is 1. The van der Waals surface area contributed by atoms with Crippen LogP contribution >= 0.6 is 11.8 Å². The van der Waals surface area contributed by atoms with Gasteiger partial charge in [0.2, 0.25) is 5.91 Å². The van der Waals surface area contributed by atoms with Crippen LogP contribution in [0.15, 0.2) is 47.5 Å². The normalized spacial score (nSPS) is 11.0. The van der Waals surface area contributed by atoms with Crippen molar-refractivity contribution in [2.45, 2.75) is 4.90 Å². The Morgan fingerprint density at radius 2 is 2.05 bits per heavy atom. The van der Waals surface area contributed by atoms with Gasteiger partial charge in [-0.2, -0.15) is 5.10 Å². The number of benzene rings is 2. The Bertz CT molecular complexity index is 839. The Labute approximate surface area is 126 Å². The first-order chi connectivity index (χ1) is 10.1. The van der Waals surface area contributed by atoms with E-state index in [-0.39, 0.29) is 0 Å². The molecular formula is C16H15N3OS. The predicted octanol–water partition coefficient (Wildman–Crippen LogP) is 3.06. The van der Waals surface area contributed by atoms with Crippen LogP contribution in [0.25, 0.3) is 22.0 Å². The van der Waals surface area contributed by atoms with Gasteiger partial charge in [0.05, 0.1) is 11.7 Å². The number of carbonyl (C=O) groups excluding carboxylic acids is 1. The Kier molecular flexibility index (Phi) is 3.43. The van der Waals surface area contributed by atoms with Crippen molar-refractivity contribution in [2.75, 3.05) is 6.26 Å². The molecule has 2 aromatic carbocycles. The number of carbonyl (C=O) groups is 1. The summed E-state index contributed by atoms with van der Waals surface area (Å²) < 4.78 is 1.84. The summed E-state index contributed by atoms with van der Waals surface area (Å²) in [5.74, 6) is -0.411. The van der Waals surface area contributed by atoms with Crippen molar-refractivity contribution >= 4 is 28.6 Å². The Balaban J connectivity index is 2.20. The van der Waals surface area contributed by atoms with Gasteiger partial charge in [-0.25, -0.2) is 0 Å². The molecule has 0 bridgehead atoms. The minimum atomic E-state index is -0.411. The fourth-order valence-corrected chi connectivity index (χ4v) is 3.02. The summed E-state index contributed by atoms with van der Waals surface area (Å²) in [6, 6.07) is 11.7. The van der Waals surface area contributed by atoms with Crippen molar-refractivity contribution in [3.8, 4) is 11.1 Å². The molecule has 1 aromatic heterocycles. The predicted molar refractivity (Wildman–Crippen MR) is 86.4 cm³/mol. The van der Waals surface area contributed by atoms with Crippen molar-refractivity contribution < 1.29 is 4.79 Å². The minimum Gasteiger partial charge on any atom is -0.366 e. The van der Waals surface area contributed by atoms with Crippen LogP contribution in [-0.4, -0.2) is 21.9 Å². The highest BCUT2D eigenvalue weighted by molar-refractivity contribution is 7.98. The minimum absolute atomic E-state index is 0.411. The van der Waals surface area contributed by atoms with Crippen molar-refractivity contribution in [1.82, 2.24) is 9.78 Å². The average molecular weight is 297 g/mol. The van der Waals surface area contributed by atoms with Gasteiger partial charge in [-0.05, 0) is 47.7 Å². The number of nitrogens with two attached hydrogens (primary N) is 1. The topological polar surface area (TPSA) is 60.9 Å². The van der Waals surface area contributed by atoms with Crippen molar-refractivity contribution in [2.24, 2.45) is 12.8 Å². The number of aromatic nitrogens is 2. The lowest BCUT2D eigenvalue weighted by Gasteiger charge is -2.09. The van der Waals surface area contributed by atoms with Gasteiger partial charge in [-0.1, -0.05) is 6.07 Å². The standard InChI is InChI=1S/C16H15N3OS/c1-19-14-5-3-10(7-12(14)9-18-19)13-8-11(16(17)20)4-6-15(13)21-2/h3-9H,1-2H3,(H2,17,20). The maximum atomic E-state index is 11.4. The molecule has 0 saturated heterocycles. The molecule has 0 aliphatic heterocycles. The van der Waals surface area contributed by atoms with E-state index >= 15 is 0 Å². The number of hydrogen-bond donors (Lipinski definition) is 1. The largest absolute Gasteiger partial charge is 0.366 e. The summed E-state index contributed by atoms with van der Waals surface area (Å²) in [7, 11) is 1.92. The van der Waals surface area contributed by atoms with Gasteiger partial charge in [0, 0.05) is 22.9 Å². The van der Waals surface area contributed by atoms with Crippen molar-refractivity contribution in [3.05, 3.63) is 48.2 Å². The number of primary amides is 1. The highest BCUT2D eigenvalue weighted by atomic mass is 32.2. The number of thioether (sulfide) groups is 1. The molecule has 4 nitrogen and oxygen atoms in total. The average Bonchev–Trinajstić information content (AvgIpc) is 2.87. The van der Waals surface area contributed by atoms with E-state index in [4.69, 9.17) is 5.73 Å². The Hall–Kier alpha value is -2.27. The molecule has 3 aromatic rings. The Morgan fingerprint density at radius 1 is 1.24 bits per heavy atom. The molecule has 0 aliphatic rings. The van der Waals surface area contributed by atoms with Crippen LogP contribution in [0.5, 0.6) is 0 Å². The van der Waals surface area contributed by atoms with E-state index < -0.39 is 5.91 Å². The van der Waals surface area contributed by atoms with Gasteiger partial charge in [-0.15, -0.1) is 11.8 Å². The Morgan fingerprint density at radius 3 is 2.76 bits per heavy atom. The highest BCUT2D eigenvalue weighted by Crippen LogP contribution is 2.32. The van der Waals surface area contributed by atoms with Crippen LogP contribution in [0.4, 0.5) is 0 Å². The van der Waals surface area contributed by atoms with E-state index in [0.29, 0.717) is 5.56 Å². The zero-order valence-electron chi connectivity index (χ0n) is 11.8. The van der Waals surface area contributed by atoms with E-state index in [9.17, 15) is 4.79 Å². The van der Waals surface area contributed by atoms with Crippen molar-refractivity contribution in [1.29, 1.82) is 0 Å². The van der Waals surface area contributed by atoms with Gasteiger partial charge in [-0.3, -0.25) is 9.48 Å². The fraction of sp³-hybridized carbons (Fsp3) is 0.125. The lowest BCUT2D eigenvalue weighted by molar-refractivity contribution is 0.100. The van der Waals surface area contributed by atoms with Gasteiger partial charge in [0.25, 0.3) is 0 Å². The van der Waals surface area contributed by atoms with Gasteiger partial charge < -0.3 is 5.73 Å². The molecule has 0 saturated carbocycles. The number of fused-ring (bicyclic) bond motifs is 1. The third-order valence-corrected chi connectivity index (χ3v) is 4.34. The summed E-state index contributed by atoms with van der Waals surface area (Å²) >= 11 is 1.65. The monoisotopic (exact) mass is 297 g/mol. The smallest absolute Gasteiger partial charge is 0.248 e. The van der Waals surface area contributed by atoms with E-state index in [0.717, 1.165) is 26.9 Å². The molecule has 21 heavy (non-hydrogen) atoms. The lowest BCUT2D eigenvalue weighted by Crippen LogP contribution is -2.10. The second-order valence-corrected chi connectivity index (χ2v) is 5.67. The molecule has 3 rings (SSSR count). The molecule has 106 valence electrons. The molecule has 1 amide bonds. The first-order valence-corrected chi connectivity index (χ1v) is 7.72. The van der Waals surface area contributed by atoms with E-state index in [1.165, 1.54) is 0 Å². The summed E-state index contributed by atoms with van der Waals surface area (Å²) in [5, 5.41) is 5.33. The molecule has 0 radical (unpaired) electrons. The van der Waals surface area contributed by atoms with Crippen LogP contribution in [0, 0.1) is 0 Å². The maximum Gasteiger partial charge on any atom is 0.248 e. The summed E-state index contributed by atoms with van der Waals surface area (Å²) in [5.41, 5.74) is 9.06. The number of hydrogen-bond acceptors (Lipinski definition) is 3. The second-order valence-electron chi connectivity index (χ2n) is 4.82. The third-order valence-electron chi connectivity index (χ3n) is 3.54. The molecule has 0 spiro atoms. The molecular weight excluding hydrogens is 282 g/mol. The molecule has 5 heteroatoms. The quantitative estimate of drug-likeness (QED) is 0.756. The van der Waals surface area contributed by atoms with Crippen LogP contribution in [-0.2, 0) is 7.05 Å². The van der Waals surface area contributed by atoms with E-state index in [2.05, 4.69) is 11.2 Å². The van der Waals surface area contributed by atoms with Crippen LogP contribution in [0.3, 0.4) is 0 Å². The van der Waals surface area contributed by atoms with Gasteiger partial charge >= 0.3 is 0 Å². The summed E-state index contributed by atoms with van der Waals surface area (Å²) in [6.45, 7) is 0. The zero-order chi connectivity index (χ0) is 15.0. The first-order valence-electron chi connectivity index (χ1n) is 6.50. The molecule has 0 fully saturated rings. The molecule has 0 unspecified atom stereocenters.